The van der Waals surface area contributed by atoms with Crippen molar-refractivity contribution in [2.75, 3.05) is 17.2 Å². The van der Waals surface area contributed by atoms with Crippen molar-refractivity contribution in [3.05, 3.63) is 24.3 Å². The Morgan fingerprint density at radius 3 is 2.14 bits per heavy atom. The number of rotatable bonds is 3. The lowest BCUT2D eigenvalue weighted by atomic mass is 10.3. The van der Waals surface area contributed by atoms with Crippen LogP contribution in [0.15, 0.2) is 28.6 Å². The summed E-state index contributed by atoms with van der Waals surface area (Å²) < 4.78 is 16.2. The lowest BCUT2D eigenvalue weighted by molar-refractivity contribution is 0.678. The van der Waals surface area contributed by atoms with Gasteiger partial charge in [0, 0.05) is 17.2 Å². The first kappa shape index (κ1) is 11.0. The van der Waals surface area contributed by atoms with Crippen molar-refractivity contribution < 1.29 is 4.21 Å². The van der Waals surface area contributed by atoms with Gasteiger partial charge < -0.3 is 5.73 Å². The summed E-state index contributed by atoms with van der Waals surface area (Å²) in [6.45, 7) is 3.79. The molecule has 0 spiro atoms. The summed E-state index contributed by atoms with van der Waals surface area (Å²) in [5, 5.41) is 0. The Kier molecular flexibility index (Phi) is 3.52. The fourth-order valence-corrected chi connectivity index (χ4v) is 2.23. The normalized spacial score (nSPS) is 11.3. The zero-order valence-corrected chi connectivity index (χ0v) is 9.38. The van der Waals surface area contributed by atoms with Gasteiger partial charge in [-0.2, -0.15) is 4.36 Å². The number of hydrogen-bond donors (Lipinski definition) is 1. The van der Waals surface area contributed by atoms with Gasteiger partial charge in [0.25, 0.3) is 0 Å². The summed E-state index contributed by atoms with van der Waals surface area (Å²) in [5.41, 5.74) is 6.98. The van der Waals surface area contributed by atoms with E-state index in [0.717, 1.165) is 5.69 Å². The van der Waals surface area contributed by atoms with E-state index in [-0.39, 0.29) is 0 Å². The van der Waals surface area contributed by atoms with Crippen LogP contribution in [0.5, 0.6) is 0 Å². The molecule has 0 amide bonds. The molecule has 0 saturated heterocycles. The highest BCUT2D eigenvalue weighted by molar-refractivity contribution is 7.93. The number of nitrogens with zero attached hydrogens (tertiary/aromatic N) is 1. The van der Waals surface area contributed by atoms with Crippen LogP contribution >= 0.6 is 0 Å². The smallest absolute Gasteiger partial charge is 0.0731 e. The minimum atomic E-state index is -2.05. The molecular weight excluding hydrogens is 196 g/mol. The van der Waals surface area contributed by atoms with Crippen molar-refractivity contribution in [3.63, 3.8) is 0 Å². The molecule has 0 unspecified atom stereocenters. The fourth-order valence-electron chi connectivity index (χ4n) is 1.06. The van der Waals surface area contributed by atoms with Gasteiger partial charge in [0.2, 0.25) is 0 Å². The molecule has 1 aromatic rings. The third-order valence-corrected chi connectivity index (χ3v) is 4.41. The highest BCUT2D eigenvalue weighted by Gasteiger charge is 2.02. The molecule has 0 saturated carbocycles. The molecule has 0 aliphatic carbocycles. The van der Waals surface area contributed by atoms with Gasteiger partial charge in [0.15, 0.2) is 0 Å². The Morgan fingerprint density at radius 2 is 1.71 bits per heavy atom. The van der Waals surface area contributed by atoms with E-state index in [0.29, 0.717) is 17.2 Å². The van der Waals surface area contributed by atoms with Gasteiger partial charge in [0.05, 0.1) is 15.4 Å². The molecule has 0 atom stereocenters. The second-order valence-corrected chi connectivity index (χ2v) is 5.92. The maximum atomic E-state index is 12.0. The number of benzene rings is 1. The van der Waals surface area contributed by atoms with E-state index in [1.807, 2.05) is 13.8 Å². The van der Waals surface area contributed by atoms with Crippen molar-refractivity contribution in [2.24, 2.45) is 4.36 Å². The van der Waals surface area contributed by atoms with Gasteiger partial charge >= 0.3 is 0 Å². The lowest BCUT2D eigenvalue weighted by Crippen LogP contribution is -2.04. The highest BCUT2D eigenvalue weighted by atomic mass is 32.2. The lowest BCUT2D eigenvalue weighted by Gasteiger charge is -2.03. The molecule has 0 bridgehead atoms. The summed E-state index contributed by atoms with van der Waals surface area (Å²) >= 11 is 0. The van der Waals surface area contributed by atoms with Crippen molar-refractivity contribution in [2.45, 2.75) is 13.8 Å². The Labute approximate surface area is 85.5 Å². The van der Waals surface area contributed by atoms with E-state index in [2.05, 4.69) is 4.36 Å². The molecule has 1 rings (SSSR count). The van der Waals surface area contributed by atoms with E-state index in [9.17, 15) is 4.21 Å². The first-order chi connectivity index (χ1) is 6.59. The fraction of sp³-hybridized carbons (Fsp3) is 0.400. The van der Waals surface area contributed by atoms with Gasteiger partial charge in [-0.25, -0.2) is 4.21 Å². The van der Waals surface area contributed by atoms with Gasteiger partial charge in [0.1, 0.15) is 0 Å². The second kappa shape index (κ2) is 4.46. The zero-order chi connectivity index (χ0) is 10.6. The standard InChI is InChI=1S/C10H16N2OS/c1-3-14(13,4-2)12-10-7-5-9(11)6-8-10/h5-8H,3-4,11H2,1-2H3. The van der Waals surface area contributed by atoms with Crippen LogP contribution in [-0.4, -0.2) is 15.7 Å². The molecule has 0 aliphatic rings. The van der Waals surface area contributed by atoms with Crippen molar-refractivity contribution in [3.8, 4) is 0 Å². The Hall–Kier alpha value is -1.03. The van der Waals surface area contributed by atoms with E-state index < -0.39 is 9.73 Å². The first-order valence-corrected chi connectivity index (χ1v) is 6.53. The summed E-state index contributed by atoms with van der Waals surface area (Å²) in [6.07, 6.45) is 0. The molecule has 0 aromatic heterocycles. The maximum absolute atomic E-state index is 12.0. The van der Waals surface area contributed by atoms with E-state index >= 15 is 0 Å². The van der Waals surface area contributed by atoms with Crippen molar-refractivity contribution in [1.82, 2.24) is 0 Å². The average Bonchev–Trinajstić information content (AvgIpc) is 2.21. The topological polar surface area (TPSA) is 55.5 Å². The molecular formula is C10H16N2OS. The van der Waals surface area contributed by atoms with E-state index in [1.165, 1.54) is 0 Å². The molecule has 0 aliphatic heterocycles. The monoisotopic (exact) mass is 212 g/mol. The van der Waals surface area contributed by atoms with Crippen molar-refractivity contribution in [1.29, 1.82) is 0 Å². The van der Waals surface area contributed by atoms with E-state index in [4.69, 9.17) is 5.73 Å². The SMILES string of the molecule is CCS(=O)(CC)=Nc1ccc(N)cc1. The zero-order valence-electron chi connectivity index (χ0n) is 8.56. The molecule has 0 fully saturated rings. The summed E-state index contributed by atoms with van der Waals surface area (Å²) in [4.78, 5) is 0. The van der Waals surface area contributed by atoms with Crippen LogP contribution in [0.3, 0.4) is 0 Å². The second-order valence-electron chi connectivity index (χ2n) is 3.03. The van der Waals surface area contributed by atoms with Crippen LogP contribution in [0, 0.1) is 0 Å². The molecule has 0 heterocycles. The largest absolute Gasteiger partial charge is 0.399 e. The molecule has 2 N–H and O–H groups in total. The predicted molar refractivity (Wildman–Crippen MR) is 62.2 cm³/mol. The molecule has 3 nitrogen and oxygen atoms in total. The Balaban J connectivity index is 3.08. The molecule has 0 radical (unpaired) electrons. The van der Waals surface area contributed by atoms with Crippen LogP contribution in [0.25, 0.3) is 0 Å². The number of nitrogens with two attached hydrogens (primary N) is 1. The number of nitrogen functional groups attached to an aromatic ring is 1. The minimum absolute atomic E-state index is 0.591. The summed E-state index contributed by atoms with van der Waals surface area (Å²) in [6, 6.07) is 7.12. The van der Waals surface area contributed by atoms with Crippen molar-refractivity contribution >= 4 is 21.1 Å². The third-order valence-electron chi connectivity index (χ3n) is 2.07. The van der Waals surface area contributed by atoms with E-state index in [1.54, 1.807) is 24.3 Å². The molecule has 14 heavy (non-hydrogen) atoms. The van der Waals surface area contributed by atoms with Gasteiger partial charge in [-0.1, -0.05) is 13.8 Å². The quantitative estimate of drug-likeness (QED) is 0.782. The highest BCUT2D eigenvalue weighted by Crippen LogP contribution is 2.16. The summed E-state index contributed by atoms with van der Waals surface area (Å²) in [7, 11) is -2.05. The third kappa shape index (κ3) is 2.73. The van der Waals surface area contributed by atoms with Crippen LogP contribution < -0.4 is 5.73 Å². The molecule has 78 valence electrons. The first-order valence-electron chi connectivity index (χ1n) is 4.67. The van der Waals surface area contributed by atoms with Gasteiger partial charge in [-0.3, -0.25) is 0 Å². The molecule has 1 aromatic carbocycles. The maximum Gasteiger partial charge on any atom is 0.0731 e. The van der Waals surface area contributed by atoms with Gasteiger partial charge in [-0.15, -0.1) is 0 Å². The number of anilines is 1. The molecule has 4 heteroatoms. The minimum Gasteiger partial charge on any atom is -0.399 e. The Bertz CT molecular complexity index is 393. The summed E-state index contributed by atoms with van der Waals surface area (Å²) in [5.74, 6) is 1.18. The number of hydrogen-bond acceptors (Lipinski definition) is 3. The average molecular weight is 212 g/mol. The van der Waals surface area contributed by atoms with Crippen LogP contribution in [-0.2, 0) is 9.73 Å². The van der Waals surface area contributed by atoms with Crippen LogP contribution in [0.2, 0.25) is 0 Å². The van der Waals surface area contributed by atoms with Gasteiger partial charge in [-0.05, 0) is 24.3 Å². The predicted octanol–water partition coefficient (Wildman–Crippen LogP) is 2.41. The Morgan fingerprint density at radius 1 is 1.21 bits per heavy atom. The van der Waals surface area contributed by atoms with Crippen LogP contribution in [0.1, 0.15) is 13.8 Å². The van der Waals surface area contributed by atoms with Crippen LogP contribution in [0.4, 0.5) is 11.4 Å².